The van der Waals surface area contributed by atoms with Crippen molar-refractivity contribution in [2.24, 2.45) is 0 Å². The fraction of sp³-hybridized carbons (Fsp3) is 0.0909. The van der Waals surface area contributed by atoms with E-state index in [0.29, 0.717) is 5.75 Å². The number of methoxy groups -OCH3 is 1. The van der Waals surface area contributed by atoms with Crippen LogP contribution in [0.2, 0.25) is 10.2 Å². The van der Waals surface area contributed by atoms with Crippen molar-refractivity contribution in [1.29, 1.82) is 0 Å². The summed E-state index contributed by atoms with van der Waals surface area (Å²) in [6, 6.07) is 3.93. The van der Waals surface area contributed by atoms with Gasteiger partial charge in [-0.15, -0.1) is 0 Å². The van der Waals surface area contributed by atoms with Gasteiger partial charge in [-0.05, 0) is 12.1 Å². The zero-order chi connectivity index (χ0) is 13.1. The maximum Gasteiger partial charge on any atom is 0.267 e. The average Bonchev–Trinajstić information content (AvgIpc) is 2.34. The maximum absolute atomic E-state index is 13.0. The normalized spacial score (nSPS) is 10.2. The second-order valence-electron chi connectivity index (χ2n) is 3.18. The third-order valence-corrected chi connectivity index (χ3v) is 2.60. The molecule has 0 saturated carbocycles. The van der Waals surface area contributed by atoms with E-state index in [9.17, 15) is 4.39 Å². The van der Waals surface area contributed by atoms with Crippen LogP contribution in [0.5, 0.6) is 17.4 Å². The van der Waals surface area contributed by atoms with Crippen molar-refractivity contribution in [3.05, 3.63) is 40.5 Å². The third-order valence-electron chi connectivity index (χ3n) is 2.04. The lowest BCUT2D eigenvalue weighted by Gasteiger charge is -2.09. The van der Waals surface area contributed by atoms with Crippen LogP contribution in [-0.4, -0.2) is 17.1 Å². The summed E-state index contributed by atoms with van der Waals surface area (Å²) in [5.74, 6) is 0.103. The standard InChI is InChI=1S/C11H7Cl2FN2O2/c1-17-9-10(13)15-5-16-11(9)18-6-2-3-8(14)7(12)4-6/h2-5H,1H3. The first-order valence-corrected chi connectivity index (χ1v) is 5.55. The molecule has 1 heterocycles. The molecule has 0 fully saturated rings. The SMILES string of the molecule is COc1c(Cl)ncnc1Oc1ccc(F)c(Cl)c1. The number of aromatic nitrogens is 2. The molecule has 0 aliphatic rings. The van der Waals surface area contributed by atoms with Crippen LogP contribution in [0.3, 0.4) is 0 Å². The Kier molecular flexibility index (Phi) is 3.84. The first-order valence-electron chi connectivity index (χ1n) is 4.79. The van der Waals surface area contributed by atoms with Crippen LogP contribution in [0, 0.1) is 5.82 Å². The molecule has 94 valence electrons. The Hall–Kier alpha value is -1.59. The number of hydrogen-bond donors (Lipinski definition) is 0. The highest BCUT2D eigenvalue weighted by Gasteiger charge is 2.13. The van der Waals surface area contributed by atoms with Crippen molar-refractivity contribution >= 4 is 23.2 Å². The molecule has 0 amide bonds. The minimum Gasteiger partial charge on any atom is -0.489 e. The lowest BCUT2D eigenvalue weighted by atomic mass is 10.3. The van der Waals surface area contributed by atoms with Gasteiger partial charge >= 0.3 is 0 Å². The van der Waals surface area contributed by atoms with E-state index in [1.807, 2.05) is 0 Å². The average molecular weight is 289 g/mol. The van der Waals surface area contributed by atoms with E-state index >= 15 is 0 Å². The number of nitrogens with zero attached hydrogens (tertiary/aromatic N) is 2. The van der Waals surface area contributed by atoms with E-state index in [1.165, 1.54) is 31.6 Å². The summed E-state index contributed by atoms with van der Waals surface area (Å²) in [5.41, 5.74) is 0. The largest absolute Gasteiger partial charge is 0.489 e. The molecule has 1 aromatic heterocycles. The van der Waals surface area contributed by atoms with Crippen LogP contribution in [0.4, 0.5) is 4.39 Å². The summed E-state index contributed by atoms with van der Waals surface area (Å²) >= 11 is 11.4. The van der Waals surface area contributed by atoms with E-state index in [0.717, 1.165) is 0 Å². The van der Waals surface area contributed by atoms with Crippen LogP contribution in [0.25, 0.3) is 0 Å². The van der Waals surface area contributed by atoms with Gasteiger partial charge < -0.3 is 9.47 Å². The molecule has 0 saturated heterocycles. The molecule has 4 nitrogen and oxygen atoms in total. The van der Waals surface area contributed by atoms with E-state index in [1.54, 1.807) is 0 Å². The summed E-state index contributed by atoms with van der Waals surface area (Å²) in [6.07, 6.45) is 1.23. The summed E-state index contributed by atoms with van der Waals surface area (Å²) in [5, 5.41) is 0.0716. The van der Waals surface area contributed by atoms with Gasteiger partial charge in [0, 0.05) is 6.07 Å². The zero-order valence-electron chi connectivity index (χ0n) is 9.15. The molecule has 0 bridgehead atoms. The molecule has 0 radical (unpaired) electrons. The number of benzene rings is 1. The molecule has 0 atom stereocenters. The molecular weight excluding hydrogens is 282 g/mol. The lowest BCUT2D eigenvalue weighted by molar-refractivity contribution is 0.367. The van der Waals surface area contributed by atoms with Gasteiger partial charge in [-0.1, -0.05) is 23.2 Å². The number of ether oxygens (including phenoxy) is 2. The smallest absolute Gasteiger partial charge is 0.267 e. The second-order valence-corrected chi connectivity index (χ2v) is 3.95. The monoisotopic (exact) mass is 288 g/mol. The second kappa shape index (κ2) is 5.37. The Morgan fingerprint density at radius 3 is 2.67 bits per heavy atom. The fourth-order valence-corrected chi connectivity index (χ4v) is 1.61. The van der Waals surface area contributed by atoms with Gasteiger partial charge in [0.05, 0.1) is 12.1 Å². The van der Waals surface area contributed by atoms with Crippen LogP contribution in [0.1, 0.15) is 0 Å². The fourth-order valence-electron chi connectivity index (χ4n) is 1.23. The maximum atomic E-state index is 13.0. The van der Waals surface area contributed by atoms with Crippen molar-refractivity contribution in [3.63, 3.8) is 0 Å². The van der Waals surface area contributed by atoms with Crippen molar-refractivity contribution < 1.29 is 13.9 Å². The predicted octanol–water partition coefficient (Wildman–Crippen LogP) is 3.72. The number of rotatable bonds is 3. The van der Waals surface area contributed by atoms with Gasteiger partial charge in [0.15, 0.2) is 5.15 Å². The van der Waals surface area contributed by atoms with Crippen molar-refractivity contribution in [1.82, 2.24) is 9.97 Å². The molecule has 0 N–H and O–H groups in total. The summed E-state index contributed by atoms with van der Waals surface area (Å²) in [6.45, 7) is 0. The molecule has 18 heavy (non-hydrogen) atoms. The number of hydrogen-bond acceptors (Lipinski definition) is 4. The minimum atomic E-state index is -0.531. The molecule has 0 aliphatic heterocycles. The Morgan fingerprint density at radius 2 is 2.00 bits per heavy atom. The third kappa shape index (κ3) is 2.63. The van der Waals surface area contributed by atoms with Gasteiger partial charge in [-0.2, -0.15) is 4.98 Å². The van der Waals surface area contributed by atoms with Gasteiger partial charge in [0.2, 0.25) is 5.75 Å². The highest BCUT2D eigenvalue weighted by Crippen LogP contribution is 2.34. The zero-order valence-corrected chi connectivity index (χ0v) is 10.7. The highest BCUT2D eigenvalue weighted by atomic mass is 35.5. The molecule has 0 unspecified atom stereocenters. The Balaban J connectivity index is 2.34. The van der Waals surface area contributed by atoms with E-state index in [-0.39, 0.29) is 21.8 Å². The lowest BCUT2D eigenvalue weighted by Crippen LogP contribution is -1.95. The summed E-state index contributed by atoms with van der Waals surface area (Å²) < 4.78 is 23.4. The Bertz CT molecular complexity index is 581. The molecule has 0 spiro atoms. The first kappa shape index (κ1) is 12.9. The molecule has 7 heteroatoms. The highest BCUT2D eigenvalue weighted by molar-refractivity contribution is 6.31. The van der Waals surface area contributed by atoms with Gasteiger partial charge in [0.1, 0.15) is 17.9 Å². The number of halogens is 3. The van der Waals surface area contributed by atoms with E-state index in [4.69, 9.17) is 32.7 Å². The minimum absolute atomic E-state index is 0.0494. The predicted molar refractivity (Wildman–Crippen MR) is 65.1 cm³/mol. The van der Waals surface area contributed by atoms with Crippen LogP contribution < -0.4 is 9.47 Å². The summed E-state index contributed by atoms with van der Waals surface area (Å²) in [7, 11) is 1.41. The Labute approximate surface area is 112 Å². The van der Waals surface area contributed by atoms with Crippen molar-refractivity contribution in [3.8, 4) is 17.4 Å². The van der Waals surface area contributed by atoms with Crippen molar-refractivity contribution in [2.45, 2.75) is 0 Å². The topological polar surface area (TPSA) is 44.2 Å². The van der Waals surface area contributed by atoms with Crippen LogP contribution in [0.15, 0.2) is 24.5 Å². The quantitative estimate of drug-likeness (QED) is 0.808. The van der Waals surface area contributed by atoms with Crippen LogP contribution in [-0.2, 0) is 0 Å². The Morgan fingerprint density at radius 1 is 1.22 bits per heavy atom. The molecule has 0 aliphatic carbocycles. The van der Waals surface area contributed by atoms with Crippen LogP contribution >= 0.6 is 23.2 Å². The molecule has 2 rings (SSSR count). The molecular formula is C11H7Cl2FN2O2. The first-order chi connectivity index (χ1) is 8.61. The van der Waals surface area contributed by atoms with E-state index < -0.39 is 5.82 Å². The van der Waals surface area contributed by atoms with Gasteiger partial charge in [-0.3, -0.25) is 0 Å². The molecule has 1 aromatic carbocycles. The molecule has 2 aromatic rings. The van der Waals surface area contributed by atoms with Crippen molar-refractivity contribution in [2.75, 3.05) is 7.11 Å². The van der Waals surface area contributed by atoms with E-state index in [2.05, 4.69) is 9.97 Å². The summed E-state index contributed by atoms with van der Waals surface area (Å²) in [4.78, 5) is 7.63. The van der Waals surface area contributed by atoms with Gasteiger partial charge in [0.25, 0.3) is 5.88 Å². The van der Waals surface area contributed by atoms with Gasteiger partial charge in [-0.25, -0.2) is 9.37 Å².